The van der Waals surface area contributed by atoms with Crippen molar-refractivity contribution in [3.8, 4) is 0 Å². The Morgan fingerprint density at radius 3 is 2.78 bits per heavy atom. The van der Waals surface area contributed by atoms with Crippen molar-refractivity contribution in [3.63, 3.8) is 0 Å². The molecular weight excluding hydrogens is 241 g/mol. The molecule has 2 nitrogen and oxygen atoms in total. The summed E-state index contributed by atoms with van der Waals surface area (Å²) in [5.41, 5.74) is 1.87. The number of halogens is 3. The van der Waals surface area contributed by atoms with Crippen molar-refractivity contribution < 1.29 is 13.2 Å². The maximum absolute atomic E-state index is 12.9. The Morgan fingerprint density at radius 1 is 1.28 bits per heavy atom. The van der Waals surface area contributed by atoms with Gasteiger partial charge < -0.3 is 4.98 Å². The normalized spacial score (nSPS) is 15.7. The van der Waals surface area contributed by atoms with E-state index >= 15 is 0 Å². The lowest BCUT2D eigenvalue weighted by Crippen LogP contribution is -2.28. The summed E-state index contributed by atoms with van der Waals surface area (Å²) in [6.07, 6.45) is -3.84. The lowest BCUT2D eigenvalue weighted by atomic mass is 10.0. The largest absolute Gasteiger partial charge is 0.435 e. The number of fused-ring (bicyclic) bond motifs is 3. The average Bonchev–Trinajstić information content (AvgIpc) is 2.65. The van der Waals surface area contributed by atoms with Crippen LogP contribution in [0, 0.1) is 6.92 Å². The minimum absolute atomic E-state index is 0.134. The number of H-pyrrole nitrogens is 1. The second-order valence-corrected chi connectivity index (χ2v) is 4.51. The zero-order valence-electron chi connectivity index (χ0n) is 9.73. The molecule has 0 aliphatic carbocycles. The molecule has 0 bridgehead atoms. The molecule has 5 heteroatoms. The molecule has 94 valence electrons. The lowest BCUT2D eigenvalue weighted by molar-refractivity contribution is -0.0585. The van der Waals surface area contributed by atoms with E-state index in [-0.39, 0.29) is 12.2 Å². The zero-order valence-corrected chi connectivity index (χ0v) is 9.73. The molecule has 18 heavy (non-hydrogen) atoms. The van der Waals surface area contributed by atoms with E-state index in [2.05, 4.69) is 9.98 Å². The molecule has 0 unspecified atom stereocenters. The Morgan fingerprint density at radius 2 is 2.06 bits per heavy atom. The van der Waals surface area contributed by atoms with Gasteiger partial charge in [-0.3, -0.25) is 4.99 Å². The fourth-order valence-corrected chi connectivity index (χ4v) is 2.41. The van der Waals surface area contributed by atoms with Gasteiger partial charge in [0.15, 0.2) is 5.71 Å². The summed E-state index contributed by atoms with van der Waals surface area (Å²) < 4.78 is 38.6. The average molecular weight is 252 g/mol. The van der Waals surface area contributed by atoms with E-state index in [4.69, 9.17) is 0 Å². The fourth-order valence-electron chi connectivity index (χ4n) is 2.41. The molecule has 2 aromatic rings. The summed E-state index contributed by atoms with van der Waals surface area (Å²) in [4.78, 5) is 6.47. The number of nitrogens with one attached hydrogen (secondary N) is 1. The van der Waals surface area contributed by atoms with Crippen molar-refractivity contribution in [1.29, 1.82) is 0 Å². The van der Waals surface area contributed by atoms with Crippen molar-refractivity contribution >= 4 is 16.6 Å². The topological polar surface area (TPSA) is 28.1 Å². The Labute approximate surface area is 102 Å². The monoisotopic (exact) mass is 252 g/mol. The number of benzene rings is 1. The van der Waals surface area contributed by atoms with E-state index in [1.165, 1.54) is 0 Å². The molecule has 0 saturated carbocycles. The fraction of sp³-hybridized carbons (Fsp3) is 0.308. The molecule has 0 atom stereocenters. The molecule has 0 radical (unpaired) electrons. The number of rotatable bonds is 0. The number of nitrogens with zero attached hydrogens (tertiary/aromatic N) is 1. The summed E-state index contributed by atoms with van der Waals surface area (Å²) in [6, 6.07) is 5.62. The summed E-state index contributed by atoms with van der Waals surface area (Å²) in [6.45, 7) is 2.13. The molecule has 1 aromatic carbocycles. The van der Waals surface area contributed by atoms with E-state index < -0.39 is 11.9 Å². The predicted molar refractivity (Wildman–Crippen MR) is 64.2 cm³/mol. The summed E-state index contributed by atoms with van der Waals surface area (Å²) in [7, 11) is 0. The van der Waals surface area contributed by atoms with Gasteiger partial charge in [-0.1, -0.05) is 11.6 Å². The van der Waals surface area contributed by atoms with Crippen LogP contribution >= 0.6 is 0 Å². The summed E-state index contributed by atoms with van der Waals surface area (Å²) in [5, 5.41) is 0.877. The van der Waals surface area contributed by atoms with Crippen molar-refractivity contribution in [1.82, 2.24) is 4.98 Å². The maximum Gasteiger partial charge on any atom is 0.435 e. The standard InChI is InChI=1S/C13H11F3N2/c1-7-2-3-10-9(6-7)8-4-5-17-12(11(8)18-10)13(14,15)16/h2-3,6,18H,4-5H2,1H3. The minimum Gasteiger partial charge on any atom is -0.353 e. The molecule has 0 saturated heterocycles. The van der Waals surface area contributed by atoms with Crippen LogP contribution in [-0.4, -0.2) is 23.4 Å². The van der Waals surface area contributed by atoms with Crippen LogP contribution in [0.1, 0.15) is 16.8 Å². The van der Waals surface area contributed by atoms with Crippen molar-refractivity contribution in [2.24, 2.45) is 4.99 Å². The van der Waals surface area contributed by atoms with Crippen LogP contribution in [0.2, 0.25) is 0 Å². The van der Waals surface area contributed by atoms with Crippen LogP contribution in [0.3, 0.4) is 0 Å². The van der Waals surface area contributed by atoms with E-state index in [1.807, 2.05) is 25.1 Å². The van der Waals surface area contributed by atoms with Crippen molar-refractivity contribution in [3.05, 3.63) is 35.0 Å². The second-order valence-electron chi connectivity index (χ2n) is 4.51. The number of aryl methyl sites for hydroxylation is 1. The number of alkyl halides is 3. The molecule has 2 heterocycles. The van der Waals surface area contributed by atoms with Gasteiger partial charge in [0.2, 0.25) is 0 Å². The van der Waals surface area contributed by atoms with Gasteiger partial charge in [-0.25, -0.2) is 0 Å². The van der Waals surface area contributed by atoms with Crippen LogP contribution in [0.5, 0.6) is 0 Å². The van der Waals surface area contributed by atoms with E-state index in [1.54, 1.807) is 0 Å². The number of aromatic nitrogens is 1. The summed E-state index contributed by atoms with van der Waals surface area (Å²) in [5.74, 6) is 0. The molecule has 3 rings (SSSR count). The van der Waals surface area contributed by atoms with Gasteiger partial charge in [-0.2, -0.15) is 13.2 Å². The van der Waals surface area contributed by atoms with E-state index in [9.17, 15) is 13.2 Å². The molecule has 1 aromatic heterocycles. The smallest absolute Gasteiger partial charge is 0.353 e. The number of hydrogen-bond acceptors (Lipinski definition) is 1. The third kappa shape index (κ3) is 1.62. The Balaban J connectivity index is 2.27. The SMILES string of the molecule is Cc1ccc2[nH]c3c(c2c1)CCN=C3C(F)(F)F. The Kier molecular flexibility index (Phi) is 2.27. The Hall–Kier alpha value is -1.78. The third-order valence-electron chi connectivity index (χ3n) is 3.20. The maximum atomic E-state index is 12.9. The highest BCUT2D eigenvalue weighted by molar-refractivity contribution is 6.09. The molecule has 1 N–H and O–H groups in total. The van der Waals surface area contributed by atoms with Gasteiger partial charge in [0.25, 0.3) is 0 Å². The van der Waals surface area contributed by atoms with Crippen molar-refractivity contribution in [2.45, 2.75) is 19.5 Å². The lowest BCUT2D eigenvalue weighted by Gasteiger charge is -2.15. The number of aliphatic imine (C=N–C) groups is 1. The van der Waals surface area contributed by atoms with Gasteiger partial charge in [0.1, 0.15) is 0 Å². The Bertz CT molecular complexity index is 650. The minimum atomic E-state index is -4.40. The first-order chi connectivity index (χ1) is 8.47. The zero-order chi connectivity index (χ0) is 12.9. The first-order valence-corrected chi connectivity index (χ1v) is 5.70. The molecule has 0 amide bonds. The first-order valence-electron chi connectivity index (χ1n) is 5.70. The number of hydrogen-bond donors (Lipinski definition) is 1. The third-order valence-corrected chi connectivity index (χ3v) is 3.20. The van der Waals surface area contributed by atoms with Crippen LogP contribution in [0.25, 0.3) is 10.9 Å². The summed E-state index contributed by atoms with van der Waals surface area (Å²) >= 11 is 0. The predicted octanol–water partition coefficient (Wildman–Crippen LogP) is 3.38. The van der Waals surface area contributed by atoms with Gasteiger partial charge in [0.05, 0.1) is 5.69 Å². The quantitative estimate of drug-likeness (QED) is 0.744. The van der Waals surface area contributed by atoms with Crippen LogP contribution in [0.15, 0.2) is 23.2 Å². The second kappa shape index (κ2) is 3.60. The first kappa shape index (κ1) is 11.3. The number of aromatic amines is 1. The molecular formula is C13H11F3N2. The molecule has 0 spiro atoms. The highest BCUT2D eigenvalue weighted by Crippen LogP contribution is 2.32. The van der Waals surface area contributed by atoms with Crippen LogP contribution in [-0.2, 0) is 6.42 Å². The van der Waals surface area contributed by atoms with Gasteiger partial charge in [0, 0.05) is 17.4 Å². The van der Waals surface area contributed by atoms with Gasteiger partial charge >= 0.3 is 6.18 Å². The van der Waals surface area contributed by atoms with Crippen molar-refractivity contribution in [2.75, 3.05) is 6.54 Å². The van der Waals surface area contributed by atoms with E-state index in [0.717, 1.165) is 22.0 Å². The molecule has 1 aliphatic heterocycles. The molecule has 0 fully saturated rings. The van der Waals surface area contributed by atoms with Crippen LogP contribution < -0.4 is 0 Å². The van der Waals surface area contributed by atoms with Crippen LogP contribution in [0.4, 0.5) is 13.2 Å². The highest BCUT2D eigenvalue weighted by atomic mass is 19.4. The highest BCUT2D eigenvalue weighted by Gasteiger charge is 2.40. The van der Waals surface area contributed by atoms with Gasteiger partial charge in [-0.05, 0) is 31.0 Å². The molecule has 1 aliphatic rings. The van der Waals surface area contributed by atoms with Gasteiger partial charge in [-0.15, -0.1) is 0 Å². The van der Waals surface area contributed by atoms with E-state index in [0.29, 0.717) is 6.42 Å².